The van der Waals surface area contributed by atoms with Crippen LogP contribution >= 0.6 is 0 Å². The van der Waals surface area contributed by atoms with Gasteiger partial charge >= 0.3 is 0 Å². The molecule has 0 spiro atoms. The van der Waals surface area contributed by atoms with Crippen molar-refractivity contribution in [2.75, 3.05) is 19.8 Å². The quantitative estimate of drug-likeness (QED) is 0.654. The van der Waals surface area contributed by atoms with Gasteiger partial charge in [0.2, 0.25) is 0 Å². The van der Waals surface area contributed by atoms with Crippen LogP contribution in [0, 0.1) is 0 Å². The number of pyridine rings is 1. The Morgan fingerprint density at radius 1 is 1.35 bits per heavy atom. The topological polar surface area (TPSA) is 65.4 Å². The van der Waals surface area contributed by atoms with Gasteiger partial charge in [-0.1, -0.05) is 19.9 Å². The highest BCUT2D eigenvalue weighted by molar-refractivity contribution is 5.15. The van der Waals surface area contributed by atoms with E-state index in [1.54, 1.807) is 6.20 Å². The summed E-state index contributed by atoms with van der Waals surface area (Å²) in [4.78, 5) is 4.35. The average molecular weight is 238 g/mol. The molecular weight excluding hydrogens is 216 g/mol. The van der Waals surface area contributed by atoms with Crippen molar-refractivity contribution in [3.05, 3.63) is 30.1 Å². The van der Waals surface area contributed by atoms with Crippen LogP contribution in [0.15, 0.2) is 24.4 Å². The summed E-state index contributed by atoms with van der Waals surface area (Å²) in [5.74, 6) is 0. The van der Waals surface area contributed by atoms with E-state index in [2.05, 4.69) is 24.1 Å². The van der Waals surface area contributed by atoms with Crippen molar-refractivity contribution in [2.45, 2.75) is 31.7 Å². The first-order valence-corrected chi connectivity index (χ1v) is 5.97. The molecule has 4 nitrogen and oxygen atoms in total. The van der Waals surface area contributed by atoms with E-state index in [1.807, 2.05) is 18.2 Å². The summed E-state index contributed by atoms with van der Waals surface area (Å²) < 4.78 is 0. The highest BCUT2D eigenvalue weighted by Crippen LogP contribution is 2.19. The van der Waals surface area contributed by atoms with Crippen LogP contribution in [0.5, 0.6) is 0 Å². The Hall–Kier alpha value is -0.970. The van der Waals surface area contributed by atoms with Crippen molar-refractivity contribution in [3.63, 3.8) is 0 Å². The number of aliphatic hydroxyl groups excluding tert-OH is 2. The molecule has 0 amide bonds. The number of aromatic nitrogens is 1. The highest BCUT2D eigenvalue weighted by Gasteiger charge is 2.22. The Balaban J connectivity index is 2.55. The SMILES string of the molecule is CC(C)(CNC(CO)CCO)c1ccccn1. The summed E-state index contributed by atoms with van der Waals surface area (Å²) in [7, 11) is 0. The lowest BCUT2D eigenvalue weighted by Crippen LogP contribution is -2.41. The summed E-state index contributed by atoms with van der Waals surface area (Å²) >= 11 is 0. The third-order valence-electron chi connectivity index (χ3n) is 2.89. The van der Waals surface area contributed by atoms with Crippen molar-refractivity contribution in [1.29, 1.82) is 0 Å². The molecule has 0 bridgehead atoms. The van der Waals surface area contributed by atoms with Crippen molar-refractivity contribution in [2.24, 2.45) is 0 Å². The largest absolute Gasteiger partial charge is 0.396 e. The first-order chi connectivity index (χ1) is 8.10. The molecule has 0 saturated heterocycles. The predicted molar refractivity (Wildman–Crippen MR) is 67.8 cm³/mol. The molecule has 1 aromatic rings. The van der Waals surface area contributed by atoms with Gasteiger partial charge in [0.15, 0.2) is 0 Å². The van der Waals surface area contributed by atoms with Gasteiger partial charge in [-0.05, 0) is 18.6 Å². The Morgan fingerprint density at radius 2 is 2.12 bits per heavy atom. The summed E-state index contributed by atoms with van der Waals surface area (Å²) in [6.45, 7) is 5.06. The molecule has 0 fully saturated rings. The van der Waals surface area contributed by atoms with Crippen LogP contribution in [0.25, 0.3) is 0 Å². The second kappa shape index (κ2) is 6.69. The molecule has 4 heteroatoms. The minimum absolute atomic E-state index is 0.0405. The summed E-state index contributed by atoms with van der Waals surface area (Å²) in [6, 6.07) is 5.82. The van der Waals surface area contributed by atoms with E-state index < -0.39 is 0 Å². The molecule has 0 aromatic carbocycles. The van der Waals surface area contributed by atoms with Gasteiger partial charge in [0.05, 0.1) is 6.61 Å². The van der Waals surface area contributed by atoms with Gasteiger partial charge in [-0.25, -0.2) is 0 Å². The van der Waals surface area contributed by atoms with E-state index in [4.69, 9.17) is 10.2 Å². The number of hydrogen-bond donors (Lipinski definition) is 3. The van der Waals surface area contributed by atoms with Gasteiger partial charge in [-0.3, -0.25) is 4.98 Å². The standard InChI is InChI=1S/C13H22N2O2/c1-13(2,12-5-3-4-7-14-12)10-15-11(9-17)6-8-16/h3-5,7,11,15-17H,6,8-10H2,1-2H3. The van der Waals surface area contributed by atoms with Crippen molar-refractivity contribution in [1.82, 2.24) is 10.3 Å². The van der Waals surface area contributed by atoms with Crippen molar-refractivity contribution >= 4 is 0 Å². The van der Waals surface area contributed by atoms with Crippen LogP contribution in [0.1, 0.15) is 26.0 Å². The fourth-order valence-corrected chi connectivity index (χ4v) is 1.67. The average Bonchev–Trinajstić information content (AvgIpc) is 2.35. The number of aliphatic hydroxyl groups is 2. The first-order valence-electron chi connectivity index (χ1n) is 5.97. The molecule has 0 radical (unpaired) electrons. The highest BCUT2D eigenvalue weighted by atomic mass is 16.3. The molecule has 3 N–H and O–H groups in total. The lowest BCUT2D eigenvalue weighted by Gasteiger charge is -2.27. The van der Waals surface area contributed by atoms with E-state index in [0.717, 1.165) is 12.2 Å². The van der Waals surface area contributed by atoms with Crippen LogP contribution in [0.4, 0.5) is 0 Å². The molecule has 96 valence electrons. The third-order valence-corrected chi connectivity index (χ3v) is 2.89. The Labute approximate surface area is 103 Å². The van der Waals surface area contributed by atoms with Gasteiger partial charge in [-0.2, -0.15) is 0 Å². The lowest BCUT2D eigenvalue weighted by molar-refractivity contribution is 0.195. The van der Waals surface area contributed by atoms with Gasteiger partial charge in [-0.15, -0.1) is 0 Å². The molecule has 1 unspecified atom stereocenters. The van der Waals surface area contributed by atoms with Gasteiger partial charge < -0.3 is 15.5 Å². The molecule has 0 saturated carbocycles. The first kappa shape index (κ1) is 14.1. The third kappa shape index (κ3) is 4.42. The number of hydrogen-bond acceptors (Lipinski definition) is 4. The maximum Gasteiger partial charge on any atom is 0.0585 e. The second-order valence-corrected chi connectivity index (χ2v) is 4.87. The van der Waals surface area contributed by atoms with Crippen LogP contribution < -0.4 is 5.32 Å². The van der Waals surface area contributed by atoms with E-state index >= 15 is 0 Å². The Bertz CT molecular complexity index is 314. The molecule has 0 aliphatic carbocycles. The number of rotatable bonds is 7. The fraction of sp³-hybridized carbons (Fsp3) is 0.615. The van der Waals surface area contributed by atoms with Crippen LogP contribution in [0.2, 0.25) is 0 Å². The molecule has 1 aromatic heterocycles. The van der Waals surface area contributed by atoms with Crippen LogP contribution in [0.3, 0.4) is 0 Å². The van der Waals surface area contributed by atoms with E-state index in [-0.39, 0.29) is 24.7 Å². The summed E-state index contributed by atoms with van der Waals surface area (Å²) in [5.41, 5.74) is 0.928. The summed E-state index contributed by atoms with van der Waals surface area (Å²) in [6.07, 6.45) is 2.35. The van der Waals surface area contributed by atoms with Crippen LogP contribution in [-0.4, -0.2) is 41.0 Å². The Morgan fingerprint density at radius 3 is 2.65 bits per heavy atom. The zero-order valence-electron chi connectivity index (χ0n) is 10.6. The van der Waals surface area contributed by atoms with Crippen LogP contribution in [-0.2, 0) is 5.41 Å². The number of nitrogens with one attached hydrogen (secondary N) is 1. The number of nitrogens with zero attached hydrogens (tertiary/aromatic N) is 1. The molecule has 0 aliphatic rings. The fourth-order valence-electron chi connectivity index (χ4n) is 1.67. The molecule has 1 rings (SSSR count). The van der Waals surface area contributed by atoms with Crippen molar-refractivity contribution < 1.29 is 10.2 Å². The van der Waals surface area contributed by atoms with E-state index in [1.165, 1.54) is 0 Å². The Kier molecular flexibility index (Phi) is 5.55. The van der Waals surface area contributed by atoms with Gasteiger partial charge in [0.1, 0.15) is 0 Å². The summed E-state index contributed by atoms with van der Waals surface area (Å²) in [5, 5.41) is 21.2. The molecule has 0 aliphatic heterocycles. The molecular formula is C13H22N2O2. The maximum absolute atomic E-state index is 9.14. The van der Waals surface area contributed by atoms with E-state index in [0.29, 0.717) is 6.42 Å². The smallest absolute Gasteiger partial charge is 0.0585 e. The minimum Gasteiger partial charge on any atom is -0.396 e. The monoisotopic (exact) mass is 238 g/mol. The molecule has 1 heterocycles. The van der Waals surface area contributed by atoms with Gasteiger partial charge in [0.25, 0.3) is 0 Å². The van der Waals surface area contributed by atoms with E-state index in [9.17, 15) is 0 Å². The predicted octanol–water partition coefficient (Wildman–Crippen LogP) is 0.692. The normalized spacial score (nSPS) is 13.6. The zero-order chi connectivity index (χ0) is 12.7. The lowest BCUT2D eigenvalue weighted by atomic mass is 9.88. The van der Waals surface area contributed by atoms with Gasteiger partial charge in [0, 0.05) is 36.5 Å². The molecule has 1 atom stereocenters. The molecule has 17 heavy (non-hydrogen) atoms. The second-order valence-electron chi connectivity index (χ2n) is 4.87. The van der Waals surface area contributed by atoms with Crippen molar-refractivity contribution in [3.8, 4) is 0 Å². The zero-order valence-corrected chi connectivity index (χ0v) is 10.6. The maximum atomic E-state index is 9.14. The minimum atomic E-state index is -0.0931.